The average molecular weight is 973 g/mol. The second kappa shape index (κ2) is 14.0. The lowest BCUT2D eigenvalue weighted by atomic mass is 9.43. The van der Waals surface area contributed by atoms with E-state index in [9.17, 15) is 0 Å². The van der Waals surface area contributed by atoms with Gasteiger partial charge in [0.1, 0.15) is 0 Å². The third kappa shape index (κ3) is 6.00. The molecule has 0 saturated carbocycles. The zero-order valence-electron chi connectivity index (χ0n) is 46.5. The van der Waals surface area contributed by atoms with Crippen LogP contribution in [0.2, 0.25) is 0 Å². The summed E-state index contributed by atoms with van der Waals surface area (Å²) in [7, 11) is 0. The minimum absolute atomic E-state index is 0.0311. The molecule has 0 amide bonds. The van der Waals surface area contributed by atoms with Gasteiger partial charge in [-0.1, -0.05) is 159 Å². The third-order valence-electron chi connectivity index (χ3n) is 19.8. The molecule has 0 saturated heterocycles. The largest absolute Gasteiger partial charge is 0.376 e. The van der Waals surface area contributed by atoms with Crippen LogP contribution in [0.3, 0.4) is 0 Å². The fourth-order valence-corrected chi connectivity index (χ4v) is 16.3. The number of thiophene rings is 1. The molecule has 0 atom stereocenters. The zero-order chi connectivity index (χ0) is 51.2. The van der Waals surface area contributed by atoms with Crippen LogP contribution in [-0.2, 0) is 37.9 Å². The van der Waals surface area contributed by atoms with Gasteiger partial charge in [-0.05, 0) is 185 Å². The maximum absolute atomic E-state index is 2.81. The molecule has 3 aliphatic carbocycles. The molecule has 9 aromatic rings. The summed E-state index contributed by atoms with van der Waals surface area (Å²) in [6.45, 7) is 39.1. The molecule has 4 heteroatoms. The van der Waals surface area contributed by atoms with Gasteiger partial charge in [0.2, 0.25) is 0 Å². The lowest BCUT2D eigenvalue weighted by Gasteiger charge is -2.43. The van der Waals surface area contributed by atoms with Gasteiger partial charge in [0.25, 0.3) is 0 Å². The molecule has 0 fully saturated rings. The fourth-order valence-electron chi connectivity index (χ4n) is 15.1. The first kappa shape index (κ1) is 46.0. The number of hydrogen-bond acceptors (Lipinski definition) is 2. The van der Waals surface area contributed by atoms with Gasteiger partial charge >= 0.3 is 6.85 Å². The van der Waals surface area contributed by atoms with E-state index in [1.54, 1.807) is 0 Å². The van der Waals surface area contributed by atoms with Gasteiger partial charge in [-0.15, -0.1) is 11.3 Å². The summed E-state index contributed by atoms with van der Waals surface area (Å²) in [5.74, 6) is 0. The molecule has 0 radical (unpaired) electrons. The van der Waals surface area contributed by atoms with E-state index in [0.29, 0.717) is 0 Å². The molecule has 0 N–H and O–H groups in total. The third-order valence-corrected chi connectivity index (χ3v) is 20.9. The molecular formula is C69H73BN2S. The van der Waals surface area contributed by atoms with Crippen molar-refractivity contribution in [3.05, 3.63) is 148 Å². The Kier molecular flexibility index (Phi) is 8.83. The molecule has 73 heavy (non-hydrogen) atoms. The smallest absolute Gasteiger partial charge is 0.333 e. The molecule has 0 spiro atoms. The molecular weight excluding hydrogens is 900 g/mol. The van der Waals surface area contributed by atoms with E-state index in [2.05, 4.69) is 223 Å². The quantitative estimate of drug-likeness (QED) is 0.149. The van der Waals surface area contributed by atoms with Crippen LogP contribution in [0, 0.1) is 0 Å². The fraction of sp³-hybridized carbons (Fsp3) is 0.391. The second-order valence-corrected chi connectivity index (χ2v) is 29.8. The van der Waals surface area contributed by atoms with Crippen LogP contribution in [0.15, 0.2) is 103 Å². The van der Waals surface area contributed by atoms with Crippen molar-refractivity contribution in [2.75, 3.05) is 4.81 Å². The predicted octanol–water partition coefficient (Wildman–Crippen LogP) is 18.0. The Hall–Kier alpha value is -5.58. The molecule has 0 unspecified atom stereocenters. The van der Waals surface area contributed by atoms with E-state index in [1.807, 2.05) is 11.3 Å². The van der Waals surface area contributed by atoms with Crippen LogP contribution >= 0.6 is 11.3 Å². The summed E-state index contributed by atoms with van der Waals surface area (Å²) in [5, 5.41) is 5.64. The Morgan fingerprint density at radius 2 is 1.04 bits per heavy atom. The molecule has 0 bridgehead atoms. The van der Waals surface area contributed by atoms with Crippen LogP contribution < -0.4 is 15.7 Å². The van der Waals surface area contributed by atoms with Crippen molar-refractivity contribution in [3.63, 3.8) is 0 Å². The van der Waals surface area contributed by atoms with Gasteiger partial charge < -0.3 is 9.38 Å². The highest BCUT2D eigenvalue weighted by atomic mass is 32.1. The first-order chi connectivity index (χ1) is 34.2. The Morgan fingerprint density at radius 1 is 0.493 bits per heavy atom. The van der Waals surface area contributed by atoms with Crippen molar-refractivity contribution >= 4 is 82.5 Å². The second-order valence-electron chi connectivity index (χ2n) is 28.7. The average Bonchev–Trinajstić information content (AvgIpc) is 3.98. The van der Waals surface area contributed by atoms with E-state index in [4.69, 9.17) is 0 Å². The number of aromatic nitrogens is 1. The predicted molar refractivity (Wildman–Crippen MR) is 318 cm³/mol. The standard InChI is InChI=1S/C69H73BN2S/c1-63(2,3)38-21-24-40(25-22-38)72-54-34-43-42-32-47-50(68(13,14)30-28-65(47,7)8)37-56(42)73-55(43)35-45(54)58-57-41-19-17-18-20-46(41)69(15,16)60(57)59-44-33-48-49(67(11,12)29-27-66(48,9)10)36-53(44)71-52-26-23-39(64(4,5)6)31-51(52)70(72)61(58)62(59)71/h17-26,31-37H,27-30H2,1-16H3. The summed E-state index contributed by atoms with van der Waals surface area (Å²) >= 11 is 2.01. The van der Waals surface area contributed by atoms with E-state index < -0.39 is 0 Å². The molecule has 7 aromatic carbocycles. The van der Waals surface area contributed by atoms with Crippen LogP contribution in [0.5, 0.6) is 0 Å². The van der Waals surface area contributed by atoms with Gasteiger partial charge in [0, 0.05) is 59.0 Å². The van der Waals surface area contributed by atoms with Gasteiger partial charge in [0.15, 0.2) is 0 Å². The minimum Gasteiger partial charge on any atom is -0.376 e. The number of benzene rings is 7. The van der Waals surface area contributed by atoms with Gasteiger partial charge in [0.05, 0.1) is 11.0 Å². The van der Waals surface area contributed by atoms with Crippen LogP contribution in [0.1, 0.15) is 181 Å². The summed E-state index contributed by atoms with van der Waals surface area (Å²) in [6, 6.07) is 42.7. The van der Waals surface area contributed by atoms with E-state index in [0.717, 1.165) is 0 Å². The van der Waals surface area contributed by atoms with Crippen molar-refractivity contribution in [1.29, 1.82) is 0 Å². The summed E-state index contributed by atoms with van der Waals surface area (Å²) in [5.41, 5.74) is 27.0. The Morgan fingerprint density at radius 3 is 1.67 bits per heavy atom. The molecule has 2 nitrogen and oxygen atoms in total. The highest BCUT2D eigenvalue weighted by molar-refractivity contribution is 7.25. The van der Waals surface area contributed by atoms with E-state index in [1.165, 1.54) is 162 Å². The van der Waals surface area contributed by atoms with E-state index >= 15 is 0 Å². The van der Waals surface area contributed by atoms with Crippen molar-refractivity contribution in [2.24, 2.45) is 0 Å². The summed E-state index contributed by atoms with van der Waals surface area (Å²) in [4.78, 5) is 2.81. The summed E-state index contributed by atoms with van der Waals surface area (Å²) < 4.78 is 5.56. The topological polar surface area (TPSA) is 8.17 Å². The monoisotopic (exact) mass is 973 g/mol. The van der Waals surface area contributed by atoms with Crippen LogP contribution in [0.25, 0.3) is 69.9 Å². The Bertz CT molecular complexity index is 3960. The normalized spacial score (nSPS) is 19.2. The van der Waals surface area contributed by atoms with E-state index in [-0.39, 0.29) is 44.8 Å². The SMILES string of the molecule is CC(C)(C)c1ccc(N2B3c4cc(C(C)(C)C)ccc4-n4c5cc6c(cc5c5c7c(c(c3c54)-c3cc4sc5cc8c(cc5c4cc32)C(C)(C)CCC8(C)C)-c2ccccc2C7(C)C)C(C)(C)CCC6(C)C)cc1. The highest BCUT2D eigenvalue weighted by Gasteiger charge is 2.51. The molecule has 368 valence electrons. The number of hydrogen-bond donors (Lipinski definition) is 0. The highest BCUT2D eigenvalue weighted by Crippen LogP contribution is 2.61. The Labute approximate surface area is 439 Å². The molecule has 5 aliphatic rings. The van der Waals surface area contributed by atoms with Gasteiger partial charge in [-0.2, -0.15) is 0 Å². The summed E-state index contributed by atoms with van der Waals surface area (Å²) in [6.07, 6.45) is 4.79. The van der Waals surface area contributed by atoms with Crippen molar-refractivity contribution in [1.82, 2.24) is 4.57 Å². The number of nitrogens with zero attached hydrogens (tertiary/aromatic N) is 2. The van der Waals surface area contributed by atoms with Crippen LogP contribution in [-0.4, -0.2) is 11.4 Å². The lowest BCUT2D eigenvalue weighted by molar-refractivity contribution is 0.332. The number of fused-ring (bicyclic) bond motifs is 18. The zero-order valence-corrected chi connectivity index (χ0v) is 47.3. The first-order valence-electron chi connectivity index (χ1n) is 27.6. The minimum atomic E-state index is -0.239. The van der Waals surface area contributed by atoms with Crippen molar-refractivity contribution in [3.8, 4) is 27.9 Å². The molecule has 2 aromatic heterocycles. The van der Waals surface area contributed by atoms with Crippen LogP contribution in [0.4, 0.5) is 11.4 Å². The van der Waals surface area contributed by atoms with Gasteiger partial charge in [-0.25, -0.2) is 0 Å². The molecule has 2 aliphatic heterocycles. The Balaban J connectivity index is 1.21. The first-order valence-corrected chi connectivity index (χ1v) is 28.4. The molecule has 14 rings (SSSR count). The molecule has 4 heterocycles. The van der Waals surface area contributed by atoms with Gasteiger partial charge in [-0.3, -0.25) is 0 Å². The number of anilines is 2. The maximum Gasteiger partial charge on any atom is 0.333 e. The van der Waals surface area contributed by atoms with Crippen molar-refractivity contribution < 1.29 is 0 Å². The lowest BCUT2D eigenvalue weighted by Crippen LogP contribution is -2.61. The van der Waals surface area contributed by atoms with Crippen molar-refractivity contribution in [2.45, 2.75) is 174 Å². The number of rotatable bonds is 1. The maximum atomic E-state index is 2.81.